The van der Waals surface area contributed by atoms with Crippen LogP contribution in [0.1, 0.15) is 43.0 Å². The van der Waals surface area contributed by atoms with E-state index in [0.29, 0.717) is 24.2 Å². The molecule has 9 nitrogen and oxygen atoms in total. The number of fused-ring (bicyclic) bond motifs is 1. The summed E-state index contributed by atoms with van der Waals surface area (Å²) in [6.07, 6.45) is 2.67. The van der Waals surface area contributed by atoms with Crippen LogP contribution in [-0.2, 0) is 24.3 Å². The summed E-state index contributed by atoms with van der Waals surface area (Å²) >= 11 is 0. The number of carbonyl (C=O) groups excluding carboxylic acids is 3. The highest BCUT2D eigenvalue weighted by molar-refractivity contribution is 7.89. The summed E-state index contributed by atoms with van der Waals surface area (Å²) in [7, 11) is -3.75. The number of sulfonamides is 1. The Labute approximate surface area is 192 Å². The first-order valence-electron chi connectivity index (χ1n) is 10.8. The SMILES string of the molecule is CCNS(=O)(=O)c1cccc(C(=O)OCC(=O)N2c3ccccc3NC(=O)C23CCCC3)c1. The van der Waals surface area contributed by atoms with E-state index >= 15 is 0 Å². The Balaban J connectivity index is 1.55. The molecule has 0 saturated heterocycles. The predicted molar refractivity (Wildman–Crippen MR) is 121 cm³/mol. The standard InChI is InChI=1S/C23H25N3O6S/c1-2-24-33(30,31)17-9-7-8-16(14-17)21(28)32-15-20(27)26-19-11-4-3-10-18(19)25-22(29)23(26)12-5-6-13-23/h3-4,7-11,14,24H,2,5-6,12-13,15H2,1H3,(H,25,29). The topological polar surface area (TPSA) is 122 Å². The molecule has 2 N–H and O–H groups in total. The van der Waals surface area contributed by atoms with E-state index in [0.717, 1.165) is 12.8 Å². The lowest BCUT2D eigenvalue weighted by molar-refractivity contribution is -0.129. The highest BCUT2D eigenvalue weighted by Crippen LogP contribution is 2.45. The Bertz CT molecular complexity index is 1200. The van der Waals surface area contributed by atoms with E-state index in [4.69, 9.17) is 4.74 Å². The average Bonchev–Trinajstić information content (AvgIpc) is 3.28. The van der Waals surface area contributed by atoms with Crippen molar-refractivity contribution in [2.24, 2.45) is 0 Å². The van der Waals surface area contributed by atoms with Crippen LogP contribution in [0.3, 0.4) is 0 Å². The number of hydrogen-bond donors (Lipinski definition) is 2. The Kier molecular flexibility index (Phi) is 6.22. The second-order valence-corrected chi connectivity index (χ2v) is 9.81. The van der Waals surface area contributed by atoms with Crippen molar-refractivity contribution in [2.75, 3.05) is 23.4 Å². The lowest BCUT2D eigenvalue weighted by Gasteiger charge is -2.44. The zero-order valence-corrected chi connectivity index (χ0v) is 19.0. The number of amides is 2. The third-order valence-corrected chi connectivity index (χ3v) is 7.51. The smallest absolute Gasteiger partial charge is 0.338 e. The first kappa shape index (κ1) is 22.9. The molecule has 1 spiro atoms. The van der Waals surface area contributed by atoms with Crippen LogP contribution >= 0.6 is 0 Å². The molecule has 2 aromatic rings. The van der Waals surface area contributed by atoms with Crippen molar-refractivity contribution >= 4 is 39.2 Å². The van der Waals surface area contributed by atoms with E-state index in [9.17, 15) is 22.8 Å². The van der Waals surface area contributed by atoms with Gasteiger partial charge in [-0.2, -0.15) is 0 Å². The maximum atomic E-state index is 13.3. The van der Waals surface area contributed by atoms with Gasteiger partial charge in [0.15, 0.2) is 6.61 Å². The molecule has 1 fully saturated rings. The van der Waals surface area contributed by atoms with Crippen LogP contribution in [0.5, 0.6) is 0 Å². The van der Waals surface area contributed by atoms with Gasteiger partial charge in [-0.25, -0.2) is 17.9 Å². The number of anilines is 2. The van der Waals surface area contributed by atoms with Gasteiger partial charge in [0.2, 0.25) is 10.0 Å². The van der Waals surface area contributed by atoms with Crippen molar-refractivity contribution in [3.05, 3.63) is 54.1 Å². The third kappa shape index (κ3) is 4.23. The van der Waals surface area contributed by atoms with E-state index in [1.54, 1.807) is 31.2 Å². The van der Waals surface area contributed by atoms with Crippen molar-refractivity contribution < 1.29 is 27.5 Å². The van der Waals surface area contributed by atoms with Crippen molar-refractivity contribution in [3.63, 3.8) is 0 Å². The molecule has 0 bridgehead atoms. The van der Waals surface area contributed by atoms with Gasteiger partial charge in [0.1, 0.15) is 5.54 Å². The molecular weight excluding hydrogens is 446 g/mol. The van der Waals surface area contributed by atoms with E-state index in [2.05, 4.69) is 10.0 Å². The van der Waals surface area contributed by atoms with Crippen LogP contribution in [0, 0.1) is 0 Å². The van der Waals surface area contributed by atoms with Crippen LogP contribution in [0.25, 0.3) is 0 Å². The van der Waals surface area contributed by atoms with Gasteiger partial charge in [0, 0.05) is 6.54 Å². The molecule has 1 aliphatic carbocycles. The van der Waals surface area contributed by atoms with Gasteiger partial charge >= 0.3 is 5.97 Å². The predicted octanol–water partition coefficient (Wildman–Crippen LogP) is 2.44. The lowest BCUT2D eigenvalue weighted by Crippen LogP contribution is -2.61. The monoisotopic (exact) mass is 471 g/mol. The van der Waals surface area contributed by atoms with E-state index < -0.39 is 34.0 Å². The number of para-hydroxylation sites is 2. The summed E-state index contributed by atoms with van der Waals surface area (Å²) in [4.78, 5) is 40.2. The fourth-order valence-electron chi connectivity index (χ4n) is 4.47. The molecule has 2 aliphatic rings. The second-order valence-electron chi connectivity index (χ2n) is 8.04. The first-order valence-corrected chi connectivity index (χ1v) is 12.3. The van der Waals surface area contributed by atoms with Crippen LogP contribution in [0.2, 0.25) is 0 Å². The highest BCUT2D eigenvalue weighted by atomic mass is 32.2. The maximum absolute atomic E-state index is 13.3. The van der Waals surface area contributed by atoms with Crippen LogP contribution < -0.4 is 14.9 Å². The summed E-state index contributed by atoms with van der Waals surface area (Å²) in [6.45, 7) is 1.28. The van der Waals surface area contributed by atoms with Crippen molar-refractivity contribution in [2.45, 2.75) is 43.0 Å². The molecule has 1 saturated carbocycles. The zero-order valence-electron chi connectivity index (χ0n) is 18.2. The fraction of sp³-hybridized carbons (Fsp3) is 0.348. The number of hydrogen-bond acceptors (Lipinski definition) is 6. The minimum absolute atomic E-state index is 0.00847. The van der Waals surface area contributed by atoms with Gasteiger partial charge in [-0.3, -0.25) is 14.5 Å². The Morgan fingerprint density at radius 2 is 1.85 bits per heavy atom. The Hall–Kier alpha value is -3.24. The van der Waals surface area contributed by atoms with Gasteiger partial charge in [-0.15, -0.1) is 0 Å². The molecule has 174 valence electrons. The highest BCUT2D eigenvalue weighted by Gasteiger charge is 2.52. The maximum Gasteiger partial charge on any atom is 0.338 e. The summed E-state index contributed by atoms with van der Waals surface area (Å²) in [5.41, 5.74) is 0.103. The lowest BCUT2D eigenvalue weighted by atomic mass is 9.90. The van der Waals surface area contributed by atoms with Crippen LogP contribution in [-0.4, -0.2) is 44.9 Å². The molecule has 2 amide bonds. The molecule has 0 radical (unpaired) electrons. The van der Waals surface area contributed by atoms with Gasteiger partial charge in [-0.05, 0) is 43.2 Å². The Morgan fingerprint density at radius 1 is 1.12 bits per heavy atom. The first-order chi connectivity index (χ1) is 15.8. The largest absolute Gasteiger partial charge is 0.452 e. The second kappa shape index (κ2) is 8.95. The van der Waals surface area contributed by atoms with Gasteiger partial charge in [-0.1, -0.05) is 38.0 Å². The summed E-state index contributed by atoms with van der Waals surface area (Å²) in [6, 6.07) is 12.4. The molecule has 10 heteroatoms. The molecule has 4 rings (SSSR count). The van der Waals surface area contributed by atoms with Crippen molar-refractivity contribution in [1.29, 1.82) is 0 Å². The van der Waals surface area contributed by atoms with Gasteiger partial charge in [0.05, 0.1) is 21.8 Å². The molecule has 0 atom stereocenters. The fourth-order valence-corrected chi connectivity index (χ4v) is 5.55. The van der Waals surface area contributed by atoms with E-state index in [1.165, 1.54) is 29.2 Å². The quantitative estimate of drug-likeness (QED) is 0.624. The molecule has 0 unspecified atom stereocenters. The van der Waals surface area contributed by atoms with Gasteiger partial charge in [0.25, 0.3) is 11.8 Å². The molecular formula is C23H25N3O6S. The summed E-state index contributed by atoms with van der Waals surface area (Å²) < 4.78 is 32.0. The average molecular weight is 472 g/mol. The number of nitrogens with zero attached hydrogens (tertiary/aromatic N) is 1. The number of ether oxygens (including phenoxy) is 1. The van der Waals surface area contributed by atoms with Crippen molar-refractivity contribution in [1.82, 2.24) is 4.72 Å². The van der Waals surface area contributed by atoms with Crippen LogP contribution in [0.4, 0.5) is 11.4 Å². The number of carbonyl (C=O) groups is 3. The van der Waals surface area contributed by atoms with Crippen molar-refractivity contribution in [3.8, 4) is 0 Å². The van der Waals surface area contributed by atoms with E-state index in [1.807, 2.05) is 0 Å². The normalized spacial score (nSPS) is 16.9. The number of nitrogens with one attached hydrogen (secondary N) is 2. The minimum Gasteiger partial charge on any atom is -0.452 e. The van der Waals surface area contributed by atoms with E-state index in [-0.39, 0.29) is 22.9 Å². The Morgan fingerprint density at radius 3 is 2.58 bits per heavy atom. The molecule has 1 heterocycles. The zero-order chi connectivity index (χ0) is 23.6. The third-order valence-electron chi connectivity index (χ3n) is 5.97. The molecule has 2 aromatic carbocycles. The summed E-state index contributed by atoms with van der Waals surface area (Å²) in [5.74, 6) is -1.57. The summed E-state index contributed by atoms with van der Waals surface area (Å²) in [5, 5.41) is 2.90. The number of esters is 1. The molecule has 1 aliphatic heterocycles. The molecule has 0 aromatic heterocycles. The van der Waals surface area contributed by atoms with Gasteiger partial charge < -0.3 is 10.1 Å². The minimum atomic E-state index is -3.75. The molecule has 33 heavy (non-hydrogen) atoms. The number of benzene rings is 2. The number of rotatable bonds is 6. The van der Waals surface area contributed by atoms with Crippen LogP contribution in [0.15, 0.2) is 53.4 Å².